The molecule has 1 N–H and O–H groups in total. The first-order chi connectivity index (χ1) is 23.5. The van der Waals surface area contributed by atoms with Gasteiger partial charge in [0.2, 0.25) is 0 Å². The molecule has 278 valence electrons. The second-order valence-corrected chi connectivity index (χ2v) is 21.5. The Labute approximate surface area is 303 Å². The number of carbonyl (C=O) groups is 1. The largest absolute Gasteiger partial charge is 0.466 e. The lowest BCUT2D eigenvalue weighted by Gasteiger charge is -2.72. The van der Waals surface area contributed by atoms with Crippen LogP contribution in [0.15, 0.2) is 47.1 Å². The van der Waals surface area contributed by atoms with Gasteiger partial charge in [0.25, 0.3) is 0 Å². The van der Waals surface area contributed by atoms with Crippen molar-refractivity contribution in [3.8, 4) is 0 Å². The highest BCUT2D eigenvalue weighted by atomic mass is 32.2. The van der Waals surface area contributed by atoms with Gasteiger partial charge in [0.15, 0.2) is 9.84 Å². The molecular weight excluding hydrogens is 641 g/mol. The number of fused-ring (bicyclic) bond motifs is 7. The van der Waals surface area contributed by atoms with Gasteiger partial charge < -0.3 is 15.0 Å². The molecule has 0 bridgehead atoms. The summed E-state index contributed by atoms with van der Waals surface area (Å²) in [5, 5.41) is 4.22. The molecule has 0 amide bonds. The summed E-state index contributed by atoms with van der Waals surface area (Å²) in [7, 11) is -1.38. The normalized spacial score (nSPS) is 43.6. The monoisotopic (exact) mass is 706 g/mol. The third-order valence-electron chi connectivity index (χ3n) is 16.9. The minimum Gasteiger partial charge on any atom is -0.466 e. The van der Waals surface area contributed by atoms with Crippen LogP contribution in [0.5, 0.6) is 0 Å². The fourth-order valence-corrected chi connectivity index (χ4v) is 15.5. The van der Waals surface area contributed by atoms with E-state index in [0.717, 1.165) is 37.9 Å². The maximum absolute atomic E-state index is 12.2. The Morgan fingerprint density at radius 1 is 0.940 bits per heavy atom. The fourth-order valence-electron chi connectivity index (χ4n) is 14.2. The molecule has 0 aromatic carbocycles. The van der Waals surface area contributed by atoms with Crippen molar-refractivity contribution in [3.63, 3.8) is 0 Å². The van der Waals surface area contributed by atoms with Crippen molar-refractivity contribution in [2.24, 2.45) is 51.2 Å². The summed E-state index contributed by atoms with van der Waals surface area (Å²) in [5.74, 6) is 3.66. The molecule has 9 atom stereocenters. The lowest BCUT2D eigenvalue weighted by molar-refractivity contribution is -0.221. The van der Waals surface area contributed by atoms with Gasteiger partial charge in [-0.25, -0.2) is 13.2 Å². The molecule has 7 aliphatic rings. The Balaban J connectivity index is 1.14. The van der Waals surface area contributed by atoms with E-state index in [1.165, 1.54) is 75.2 Å². The van der Waals surface area contributed by atoms with Gasteiger partial charge in [-0.05, 0) is 140 Å². The highest BCUT2D eigenvalue weighted by Gasteiger charge is 2.70. The van der Waals surface area contributed by atoms with E-state index in [2.05, 4.69) is 70.5 Å². The predicted octanol–water partition coefficient (Wildman–Crippen LogP) is 8.07. The van der Waals surface area contributed by atoms with Gasteiger partial charge in [-0.1, -0.05) is 65.0 Å². The van der Waals surface area contributed by atoms with Gasteiger partial charge in [0.05, 0.1) is 18.6 Å². The van der Waals surface area contributed by atoms with E-state index >= 15 is 0 Å². The summed E-state index contributed by atoms with van der Waals surface area (Å²) in [6, 6.07) is 0. The maximum Gasteiger partial charge on any atom is 0.333 e. The van der Waals surface area contributed by atoms with E-state index < -0.39 is 9.84 Å². The molecule has 7 rings (SSSR count). The highest BCUT2D eigenvalue weighted by Crippen LogP contribution is 2.76. The first kappa shape index (κ1) is 36.6. The van der Waals surface area contributed by atoms with Crippen molar-refractivity contribution in [2.45, 2.75) is 118 Å². The smallest absolute Gasteiger partial charge is 0.333 e. The Kier molecular flexibility index (Phi) is 9.32. The summed E-state index contributed by atoms with van der Waals surface area (Å²) >= 11 is 0. The van der Waals surface area contributed by atoms with Crippen LogP contribution in [0.4, 0.5) is 0 Å². The molecule has 1 aliphatic heterocycles. The summed E-state index contributed by atoms with van der Waals surface area (Å²) < 4.78 is 29.1. The quantitative estimate of drug-likeness (QED) is 0.213. The van der Waals surface area contributed by atoms with E-state index in [-0.39, 0.29) is 22.3 Å². The van der Waals surface area contributed by atoms with Crippen molar-refractivity contribution in [3.05, 3.63) is 47.1 Å². The van der Waals surface area contributed by atoms with Crippen LogP contribution in [0.25, 0.3) is 0 Å². The van der Waals surface area contributed by atoms with Gasteiger partial charge in [-0.15, -0.1) is 0 Å². The number of allylic oxidation sites excluding steroid dienone is 6. The van der Waals surface area contributed by atoms with Crippen molar-refractivity contribution in [1.29, 1.82) is 0 Å². The molecule has 1 heterocycles. The van der Waals surface area contributed by atoms with Crippen LogP contribution in [-0.2, 0) is 19.4 Å². The van der Waals surface area contributed by atoms with Crippen LogP contribution in [0.1, 0.15) is 112 Å². The molecule has 6 aliphatic carbocycles. The first-order valence-electron chi connectivity index (χ1n) is 20.0. The van der Waals surface area contributed by atoms with Gasteiger partial charge >= 0.3 is 5.97 Å². The zero-order chi connectivity index (χ0) is 35.9. The molecule has 1 saturated heterocycles. The molecule has 0 aromatic heterocycles. The number of rotatable bonds is 7. The lowest BCUT2D eigenvalue weighted by Crippen LogP contribution is -2.68. The third kappa shape index (κ3) is 5.60. The van der Waals surface area contributed by atoms with E-state index in [1.807, 2.05) is 6.08 Å². The van der Waals surface area contributed by atoms with Crippen LogP contribution in [0.2, 0.25) is 0 Å². The molecule has 7 heteroatoms. The third-order valence-corrected chi connectivity index (χ3v) is 18.5. The maximum atomic E-state index is 12.2. The summed E-state index contributed by atoms with van der Waals surface area (Å²) in [6.45, 7) is 23.3. The van der Waals surface area contributed by atoms with Gasteiger partial charge in [-0.2, -0.15) is 0 Å². The molecule has 0 spiro atoms. The van der Waals surface area contributed by atoms with Gasteiger partial charge in [0.1, 0.15) is 0 Å². The molecule has 0 aromatic rings. The van der Waals surface area contributed by atoms with Gasteiger partial charge in [0, 0.05) is 37.3 Å². The van der Waals surface area contributed by atoms with E-state index in [9.17, 15) is 13.2 Å². The van der Waals surface area contributed by atoms with Crippen molar-refractivity contribution in [1.82, 2.24) is 10.2 Å². The van der Waals surface area contributed by atoms with E-state index in [1.54, 1.807) is 0 Å². The van der Waals surface area contributed by atoms with Crippen LogP contribution < -0.4 is 5.32 Å². The number of sulfone groups is 1. The van der Waals surface area contributed by atoms with Crippen LogP contribution in [0.3, 0.4) is 0 Å². The molecular formula is C43H66N2O4S. The molecule has 5 fully saturated rings. The number of ether oxygens (including phenoxy) is 1. The molecule has 50 heavy (non-hydrogen) atoms. The summed E-state index contributed by atoms with van der Waals surface area (Å²) in [4.78, 5) is 14.5. The number of nitrogens with one attached hydrogen (secondary N) is 1. The molecule has 6 nitrogen and oxygen atoms in total. The van der Waals surface area contributed by atoms with Gasteiger partial charge in [-0.3, -0.25) is 0 Å². The van der Waals surface area contributed by atoms with Crippen LogP contribution in [-0.4, -0.2) is 69.6 Å². The minimum absolute atomic E-state index is 0.0925. The fraction of sp³-hybridized carbons (Fsp3) is 0.791. The number of methoxy groups -OCH3 is 1. The molecule has 4 saturated carbocycles. The standard InChI is InChI=1S/C43H66N2O4S/c1-29(2)32-15-20-43(44-23-24-45-25-27-50(47,48)28-26-45)22-21-41(6)34(37(32)43)13-14-36-40(5)18-16-33(30-9-11-31(12-10-30)38(46)49-8)39(3,4)35(40)17-19-42(36,41)7/h9,11,16,32,34-37,44H,1,10,12-15,17-28H2,2-8H3. The number of hydrogen-bond donors (Lipinski definition) is 1. The Morgan fingerprint density at radius 3 is 2.34 bits per heavy atom. The van der Waals surface area contributed by atoms with Crippen molar-refractivity contribution in [2.75, 3.05) is 44.8 Å². The predicted molar refractivity (Wildman–Crippen MR) is 203 cm³/mol. The topological polar surface area (TPSA) is 75.7 Å². The second-order valence-electron chi connectivity index (χ2n) is 19.2. The van der Waals surface area contributed by atoms with Crippen molar-refractivity contribution >= 4 is 15.8 Å². The average Bonchev–Trinajstić information content (AvgIpc) is 3.45. The van der Waals surface area contributed by atoms with Crippen LogP contribution in [0, 0.1) is 51.2 Å². The highest BCUT2D eigenvalue weighted by molar-refractivity contribution is 7.91. The first-order valence-corrected chi connectivity index (χ1v) is 21.9. The van der Waals surface area contributed by atoms with Crippen LogP contribution >= 0.6 is 0 Å². The molecule has 9 unspecified atom stereocenters. The summed E-state index contributed by atoms with van der Waals surface area (Å²) in [6.07, 6.45) is 20.0. The Bertz CT molecular complexity index is 1590. The number of carbonyl (C=O) groups excluding carboxylic acids is 1. The SMILES string of the molecule is C=C(C)C1CCC2(NCCN3CCS(=O)(=O)CC3)CCC3(C)C(CCC4C5(C)CC=C(C6=CC=C(C(=O)OC)CC6)C(C)(C)C5CCC43C)C12. The zero-order valence-electron chi connectivity index (χ0n) is 32.3. The van der Waals surface area contributed by atoms with E-state index in [4.69, 9.17) is 4.74 Å². The summed E-state index contributed by atoms with van der Waals surface area (Å²) in [5.41, 5.74) is 6.25. The zero-order valence-corrected chi connectivity index (χ0v) is 33.2. The minimum atomic E-state index is -2.85. The number of nitrogens with zero attached hydrogens (tertiary/aromatic N) is 1. The Hall–Kier alpha value is -1.70. The van der Waals surface area contributed by atoms with E-state index in [0.29, 0.717) is 65.0 Å². The number of esters is 1. The average molecular weight is 707 g/mol. The Morgan fingerprint density at radius 2 is 1.68 bits per heavy atom. The molecule has 0 radical (unpaired) electrons. The second kappa shape index (κ2) is 12.7. The number of hydrogen-bond acceptors (Lipinski definition) is 6. The van der Waals surface area contributed by atoms with Crippen molar-refractivity contribution < 1.29 is 17.9 Å². The lowest BCUT2D eigenvalue weighted by atomic mass is 9.33.